The van der Waals surface area contributed by atoms with E-state index in [1.165, 1.54) is 24.3 Å². The number of nitrogens with zero attached hydrogens (tertiary/aromatic N) is 2. The quantitative estimate of drug-likeness (QED) is 0.211. The van der Waals surface area contributed by atoms with Crippen molar-refractivity contribution >= 4 is 66.6 Å². The normalized spacial score (nSPS) is 12.5. The maximum atomic E-state index is 12.7. The van der Waals surface area contributed by atoms with Gasteiger partial charge >= 0.3 is 20.2 Å². The van der Waals surface area contributed by atoms with Crippen LogP contribution in [0, 0.1) is 0 Å². The molecule has 0 fully saturated rings. The Bertz CT molecular complexity index is 1700. The minimum Gasteiger partial charge on any atom is -0.492 e. The maximum absolute atomic E-state index is 12.7. The van der Waals surface area contributed by atoms with Gasteiger partial charge in [-0.2, -0.15) is 16.8 Å². The van der Waals surface area contributed by atoms with Crippen molar-refractivity contribution in [3.63, 3.8) is 0 Å². The first kappa shape index (κ1) is 26.5. The largest absolute Gasteiger partial charge is 0.492 e. The van der Waals surface area contributed by atoms with E-state index in [-0.39, 0.29) is 29.6 Å². The number of benzene rings is 2. The molecule has 0 bridgehead atoms. The van der Waals surface area contributed by atoms with Gasteiger partial charge < -0.3 is 20.4 Å². The minimum atomic E-state index is -4.78. The SMILES string of the molecule is O=S(=O)(On1c(O)c2c(c1O)-c1c-2c(O)n(OS(=O)(=O)c2cc(Cl)ccc2Cl)c1O)c1cc(Cl)ccc1Cl. The highest BCUT2D eigenvalue weighted by Gasteiger charge is 2.46. The van der Waals surface area contributed by atoms with Gasteiger partial charge in [0.1, 0.15) is 9.79 Å². The zero-order valence-electron chi connectivity index (χ0n) is 17.9. The number of aromatic hydroxyl groups is 4. The molecule has 0 unspecified atom stereocenters. The Morgan fingerprint density at radius 2 is 0.842 bits per heavy atom. The Labute approximate surface area is 233 Å². The Hall–Kier alpha value is -3.14. The van der Waals surface area contributed by atoms with Gasteiger partial charge in [0.2, 0.25) is 23.5 Å². The molecular weight excluding hydrogens is 634 g/mol. The fourth-order valence-electron chi connectivity index (χ4n) is 3.69. The summed E-state index contributed by atoms with van der Waals surface area (Å²) in [6.07, 6.45) is 0. The molecule has 2 aromatic heterocycles. The molecule has 0 amide bonds. The highest BCUT2D eigenvalue weighted by Crippen LogP contribution is 2.64. The minimum absolute atomic E-state index is 0.00277. The summed E-state index contributed by atoms with van der Waals surface area (Å²) in [4.78, 5) is -1.18. The Balaban J connectivity index is 1.55. The molecule has 38 heavy (non-hydrogen) atoms. The van der Waals surface area contributed by atoms with Crippen molar-refractivity contribution in [1.82, 2.24) is 9.46 Å². The zero-order chi connectivity index (χ0) is 27.9. The molecule has 0 saturated carbocycles. The van der Waals surface area contributed by atoms with Crippen LogP contribution in [0.3, 0.4) is 0 Å². The van der Waals surface area contributed by atoms with Crippen LogP contribution in [0.1, 0.15) is 0 Å². The van der Waals surface area contributed by atoms with Gasteiger partial charge in [-0.25, -0.2) is 0 Å². The molecule has 2 aromatic carbocycles. The summed E-state index contributed by atoms with van der Waals surface area (Å²) < 4.78 is 60.8. The monoisotopic (exact) mass is 642 g/mol. The van der Waals surface area contributed by atoms with Crippen molar-refractivity contribution in [3.05, 3.63) is 56.5 Å². The summed E-state index contributed by atoms with van der Waals surface area (Å²) >= 11 is 23.4. The molecule has 12 nitrogen and oxygen atoms in total. The van der Waals surface area contributed by atoms with Crippen LogP contribution < -0.4 is 8.57 Å². The predicted molar refractivity (Wildman–Crippen MR) is 134 cm³/mol. The topological polar surface area (TPSA) is 178 Å². The predicted octanol–water partition coefficient (Wildman–Crippen LogP) is 4.01. The molecule has 2 heterocycles. The Morgan fingerprint density at radius 3 is 1.13 bits per heavy atom. The summed E-state index contributed by atoms with van der Waals surface area (Å²) in [5.41, 5.74) is -1.56. The van der Waals surface area contributed by atoms with Crippen molar-refractivity contribution in [2.75, 3.05) is 0 Å². The molecule has 1 aliphatic carbocycles. The third kappa shape index (κ3) is 3.87. The van der Waals surface area contributed by atoms with E-state index in [0.29, 0.717) is 0 Å². The van der Waals surface area contributed by atoms with Crippen molar-refractivity contribution < 1.29 is 45.8 Å². The van der Waals surface area contributed by atoms with Gasteiger partial charge in [0, 0.05) is 10.0 Å². The van der Waals surface area contributed by atoms with Gasteiger partial charge in [-0.15, -0.1) is 0 Å². The smallest absolute Gasteiger partial charge is 0.358 e. The third-order valence-electron chi connectivity index (χ3n) is 5.33. The second-order valence-electron chi connectivity index (χ2n) is 7.59. The lowest BCUT2D eigenvalue weighted by Crippen LogP contribution is -2.20. The zero-order valence-corrected chi connectivity index (χ0v) is 22.6. The second kappa shape index (κ2) is 8.69. The second-order valence-corrected chi connectivity index (χ2v) is 12.3. The Morgan fingerprint density at radius 1 is 0.553 bits per heavy atom. The van der Waals surface area contributed by atoms with Crippen LogP contribution in [0.4, 0.5) is 0 Å². The van der Waals surface area contributed by atoms with Gasteiger partial charge in [-0.05, 0) is 36.4 Å². The molecule has 5 rings (SSSR count). The summed E-state index contributed by atoms with van der Waals surface area (Å²) in [5, 5.41) is 41.8. The molecule has 0 atom stereocenters. The van der Waals surface area contributed by atoms with Gasteiger partial charge in [0.15, 0.2) is 0 Å². The average molecular weight is 644 g/mol. The van der Waals surface area contributed by atoms with Crippen molar-refractivity contribution in [2.24, 2.45) is 0 Å². The highest BCUT2D eigenvalue weighted by molar-refractivity contribution is 7.87. The summed E-state index contributed by atoms with van der Waals surface area (Å²) in [7, 11) is -9.56. The lowest BCUT2D eigenvalue weighted by Gasteiger charge is -2.13. The van der Waals surface area contributed by atoms with Crippen LogP contribution in [0.15, 0.2) is 46.2 Å². The van der Waals surface area contributed by atoms with Crippen LogP contribution in [-0.2, 0) is 20.2 Å². The van der Waals surface area contributed by atoms with E-state index in [4.69, 9.17) is 55.0 Å². The number of aromatic nitrogens is 2. The molecule has 0 saturated heterocycles. The Kier molecular flexibility index (Phi) is 6.05. The molecule has 4 N–H and O–H groups in total. The van der Waals surface area contributed by atoms with E-state index in [2.05, 4.69) is 0 Å². The van der Waals surface area contributed by atoms with Crippen molar-refractivity contribution in [1.29, 1.82) is 0 Å². The van der Waals surface area contributed by atoms with Crippen molar-refractivity contribution in [2.45, 2.75) is 9.79 Å². The summed E-state index contributed by atoms with van der Waals surface area (Å²) in [6.45, 7) is 0. The molecular formula is C20H10Cl4N2O10S2. The molecule has 0 radical (unpaired) electrons. The molecule has 0 spiro atoms. The number of hydrogen-bond donors (Lipinski definition) is 4. The molecule has 1 aliphatic rings. The van der Waals surface area contributed by atoms with Gasteiger partial charge in [0.05, 0.1) is 32.3 Å². The first-order valence-corrected chi connectivity index (χ1v) is 14.1. The van der Waals surface area contributed by atoms with Crippen LogP contribution in [0.2, 0.25) is 20.1 Å². The number of rotatable bonds is 6. The van der Waals surface area contributed by atoms with Crippen molar-refractivity contribution in [3.8, 4) is 45.8 Å². The maximum Gasteiger partial charge on any atom is 0.358 e. The van der Waals surface area contributed by atoms with Crippen LogP contribution >= 0.6 is 46.4 Å². The number of hydrogen-bond acceptors (Lipinski definition) is 10. The van der Waals surface area contributed by atoms with Gasteiger partial charge in [-0.3, -0.25) is 8.57 Å². The van der Waals surface area contributed by atoms with Crippen LogP contribution in [0.5, 0.6) is 23.5 Å². The van der Waals surface area contributed by atoms with Crippen LogP contribution in [0.25, 0.3) is 22.3 Å². The summed E-state index contributed by atoms with van der Waals surface area (Å²) in [6, 6.07) is 6.94. The molecule has 0 aliphatic heterocycles. The van der Waals surface area contributed by atoms with E-state index in [0.717, 1.165) is 12.1 Å². The molecule has 4 aromatic rings. The van der Waals surface area contributed by atoms with Gasteiger partial charge in [-0.1, -0.05) is 55.9 Å². The first-order chi connectivity index (χ1) is 17.7. The highest BCUT2D eigenvalue weighted by atomic mass is 35.5. The average Bonchev–Trinajstić information content (AvgIpc) is 3.12. The van der Waals surface area contributed by atoms with Gasteiger partial charge in [0.25, 0.3) is 0 Å². The van der Waals surface area contributed by atoms with E-state index < -0.39 is 75.8 Å². The number of fused-ring (bicyclic) bond motifs is 4. The van der Waals surface area contributed by atoms with E-state index >= 15 is 0 Å². The standard InChI is InChI=1S/C20H10Cl4N2O10S2/c21-7-1-3-9(23)11(5-7)37(31,32)35-25-17(27)13-14(18(25)28)16-15(13)19(29)26(20(16)30)36-38(33,34)12-6-8(22)2-4-10(12)24/h1-6,27-30H. The molecule has 18 heteroatoms. The fourth-order valence-corrected chi connectivity index (χ4v) is 6.96. The molecule has 200 valence electrons. The summed E-state index contributed by atoms with van der Waals surface area (Å²) in [5.74, 6) is -4.11. The van der Waals surface area contributed by atoms with E-state index in [9.17, 15) is 37.3 Å². The van der Waals surface area contributed by atoms with Crippen LogP contribution in [-0.4, -0.2) is 46.7 Å². The lowest BCUT2D eigenvalue weighted by atomic mass is 9.86. The third-order valence-corrected chi connectivity index (χ3v) is 9.13. The lowest BCUT2D eigenvalue weighted by molar-refractivity contribution is 0.201. The van der Waals surface area contributed by atoms with E-state index in [1.54, 1.807) is 0 Å². The first-order valence-electron chi connectivity index (χ1n) is 9.79. The van der Waals surface area contributed by atoms with E-state index in [1.807, 2.05) is 0 Å². The fraction of sp³-hybridized carbons (Fsp3) is 0. The number of halogens is 4.